The van der Waals surface area contributed by atoms with Crippen LogP contribution >= 0.6 is 0 Å². The van der Waals surface area contributed by atoms with E-state index in [1.54, 1.807) is 6.07 Å². The maximum atomic E-state index is 12.1. The van der Waals surface area contributed by atoms with E-state index in [9.17, 15) is 9.59 Å². The number of hydrogen-bond donors (Lipinski definition) is 0. The minimum absolute atomic E-state index is 0.134. The number of unbranched alkanes of at least 4 members (excludes halogenated alkanes) is 1. The van der Waals surface area contributed by atoms with Crippen LogP contribution in [-0.2, 0) is 11.2 Å². The minimum atomic E-state index is -0.200. The van der Waals surface area contributed by atoms with E-state index in [0.717, 1.165) is 5.56 Å². The van der Waals surface area contributed by atoms with Gasteiger partial charge >= 0.3 is 0 Å². The van der Waals surface area contributed by atoms with Crippen LogP contribution in [0.3, 0.4) is 0 Å². The van der Waals surface area contributed by atoms with Gasteiger partial charge in [-0.1, -0.05) is 18.2 Å². The Kier molecular flexibility index (Phi) is 3.24. The molecule has 1 aromatic rings. The first-order valence-corrected chi connectivity index (χ1v) is 5.60. The third-order valence-electron chi connectivity index (χ3n) is 2.84. The largest absolute Gasteiger partial charge is 0.278 e. The maximum absolute atomic E-state index is 12.1. The van der Waals surface area contributed by atoms with Crippen LogP contribution in [0.5, 0.6) is 0 Å². The molecule has 0 atom stereocenters. The van der Waals surface area contributed by atoms with E-state index in [1.807, 2.05) is 18.2 Å². The van der Waals surface area contributed by atoms with E-state index in [4.69, 9.17) is 6.42 Å². The van der Waals surface area contributed by atoms with Crippen LogP contribution in [0.25, 0.3) is 0 Å². The van der Waals surface area contributed by atoms with Crippen molar-refractivity contribution in [2.24, 2.45) is 0 Å². The van der Waals surface area contributed by atoms with Crippen molar-refractivity contribution in [1.29, 1.82) is 0 Å². The zero-order valence-corrected chi connectivity index (χ0v) is 9.48. The smallest absolute Gasteiger partial charge is 0.260 e. The van der Waals surface area contributed by atoms with Gasteiger partial charge in [-0.15, -0.1) is 12.3 Å². The van der Waals surface area contributed by atoms with Crippen LogP contribution in [0, 0.1) is 12.3 Å². The lowest BCUT2D eigenvalue weighted by molar-refractivity contribution is -0.128. The highest BCUT2D eigenvalue weighted by atomic mass is 16.2. The van der Waals surface area contributed by atoms with Crippen molar-refractivity contribution in [2.45, 2.75) is 19.3 Å². The average Bonchev–Trinajstić information content (AvgIpc) is 2.33. The van der Waals surface area contributed by atoms with Gasteiger partial charge in [0, 0.05) is 18.5 Å². The number of benzene rings is 1. The Bertz CT molecular complexity index is 499. The van der Waals surface area contributed by atoms with E-state index in [-0.39, 0.29) is 11.8 Å². The van der Waals surface area contributed by atoms with Gasteiger partial charge in [0.05, 0.1) is 6.42 Å². The Hall–Kier alpha value is -2.08. The van der Waals surface area contributed by atoms with Crippen molar-refractivity contribution in [3.63, 3.8) is 0 Å². The predicted molar refractivity (Wildman–Crippen MR) is 64.3 cm³/mol. The number of carbonyl (C=O) groups excluding carboxylic acids is 2. The molecule has 2 rings (SSSR count). The van der Waals surface area contributed by atoms with E-state index < -0.39 is 0 Å². The van der Waals surface area contributed by atoms with Gasteiger partial charge in [-0.3, -0.25) is 14.5 Å². The summed E-state index contributed by atoms with van der Waals surface area (Å²) in [5, 5.41) is 0. The molecule has 1 aliphatic rings. The van der Waals surface area contributed by atoms with Gasteiger partial charge in [0.1, 0.15) is 0 Å². The molecule has 0 saturated carbocycles. The molecule has 1 aliphatic heterocycles. The number of amides is 2. The molecular formula is C14H13NO2. The summed E-state index contributed by atoms with van der Waals surface area (Å²) in [7, 11) is 0. The van der Waals surface area contributed by atoms with E-state index >= 15 is 0 Å². The number of nitrogens with zero attached hydrogens (tertiary/aromatic N) is 1. The standard InChI is InChI=1S/C14H13NO2/c1-2-3-6-9-15-13(16)10-11-7-4-5-8-12(11)14(15)17/h1,4-5,7-8H,3,6,9-10H2. The first kappa shape index (κ1) is 11.4. The Balaban J connectivity index is 2.19. The first-order chi connectivity index (χ1) is 8.24. The van der Waals surface area contributed by atoms with Gasteiger partial charge in [-0.05, 0) is 18.1 Å². The normalized spacial score (nSPS) is 14.4. The monoisotopic (exact) mass is 227 g/mol. The molecule has 0 saturated heterocycles. The molecule has 1 heterocycles. The Labute approximate surface area is 100 Å². The summed E-state index contributed by atoms with van der Waals surface area (Å²) in [5.41, 5.74) is 1.45. The highest BCUT2D eigenvalue weighted by molar-refractivity contribution is 6.09. The number of rotatable bonds is 3. The predicted octanol–water partition coefficient (Wildman–Crippen LogP) is 1.62. The molecule has 0 unspecified atom stereocenters. The zero-order chi connectivity index (χ0) is 12.3. The highest BCUT2D eigenvalue weighted by Gasteiger charge is 2.29. The molecular weight excluding hydrogens is 214 g/mol. The first-order valence-electron chi connectivity index (χ1n) is 5.60. The third-order valence-corrected chi connectivity index (χ3v) is 2.84. The highest BCUT2D eigenvalue weighted by Crippen LogP contribution is 2.19. The van der Waals surface area contributed by atoms with Crippen molar-refractivity contribution in [3.05, 3.63) is 35.4 Å². The Morgan fingerprint density at radius 1 is 1.29 bits per heavy atom. The molecule has 0 aromatic heterocycles. The summed E-state index contributed by atoms with van der Waals surface area (Å²) in [6.45, 7) is 0.413. The molecule has 2 amide bonds. The fraction of sp³-hybridized carbons (Fsp3) is 0.286. The van der Waals surface area contributed by atoms with Crippen molar-refractivity contribution < 1.29 is 9.59 Å². The van der Waals surface area contributed by atoms with Crippen molar-refractivity contribution in [2.75, 3.05) is 6.54 Å². The number of fused-ring (bicyclic) bond motifs is 1. The van der Waals surface area contributed by atoms with Crippen molar-refractivity contribution in [1.82, 2.24) is 4.90 Å². The van der Waals surface area contributed by atoms with Crippen LogP contribution in [0.15, 0.2) is 24.3 Å². The van der Waals surface area contributed by atoms with Gasteiger partial charge in [-0.25, -0.2) is 0 Å². The maximum Gasteiger partial charge on any atom is 0.260 e. The summed E-state index contributed by atoms with van der Waals surface area (Å²) < 4.78 is 0. The minimum Gasteiger partial charge on any atom is -0.278 e. The third kappa shape index (κ3) is 2.21. The second kappa shape index (κ2) is 4.84. The molecule has 3 heteroatoms. The quantitative estimate of drug-likeness (QED) is 0.447. The van der Waals surface area contributed by atoms with E-state index in [1.165, 1.54) is 4.90 Å². The SMILES string of the molecule is C#CCCCN1C(=O)Cc2ccccc2C1=O. The summed E-state index contributed by atoms with van der Waals surface area (Å²) in [4.78, 5) is 25.2. The van der Waals surface area contributed by atoms with Crippen molar-refractivity contribution in [3.8, 4) is 12.3 Å². The van der Waals surface area contributed by atoms with Gasteiger partial charge in [0.25, 0.3) is 5.91 Å². The Morgan fingerprint density at radius 3 is 2.82 bits per heavy atom. The fourth-order valence-electron chi connectivity index (χ4n) is 1.97. The summed E-state index contributed by atoms with van der Waals surface area (Å²) in [6.07, 6.45) is 6.70. The topological polar surface area (TPSA) is 37.4 Å². The summed E-state index contributed by atoms with van der Waals surface area (Å²) >= 11 is 0. The van der Waals surface area contributed by atoms with Crippen LogP contribution < -0.4 is 0 Å². The lowest BCUT2D eigenvalue weighted by Gasteiger charge is -2.26. The number of terminal acetylenes is 1. The van der Waals surface area contributed by atoms with E-state index in [0.29, 0.717) is 31.4 Å². The van der Waals surface area contributed by atoms with Crippen LogP contribution in [0.2, 0.25) is 0 Å². The molecule has 1 aromatic carbocycles. The molecule has 0 aliphatic carbocycles. The second-order valence-corrected chi connectivity index (χ2v) is 3.99. The van der Waals surface area contributed by atoms with Gasteiger partial charge in [0.15, 0.2) is 0 Å². The van der Waals surface area contributed by atoms with Crippen LogP contribution in [0.1, 0.15) is 28.8 Å². The molecule has 3 nitrogen and oxygen atoms in total. The van der Waals surface area contributed by atoms with E-state index in [2.05, 4.69) is 5.92 Å². The zero-order valence-electron chi connectivity index (χ0n) is 9.48. The number of carbonyl (C=O) groups is 2. The number of hydrogen-bond acceptors (Lipinski definition) is 2. The number of imide groups is 1. The molecule has 0 radical (unpaired) electrons. The van der Waals surface area contributed by atoms with Crippen LogP contribution in [0.4, 0.5) is 0 Å². The molecule has 86 valence electrons. The summed E-state index contributed by atoms with van der Waals surface area (Å²) in [6, 6.07) is 7.24. The fourth-order valence-corrected chi connectivity index (χ4v) is 1.97. The molecule has 0 fully saturated rings. The Morgan fingerprint density at radius 2 is 2.06 bits per heavy atom. The molecule has 0 spiro atoms. The lowest BCUT2D eigenvalue weighted by Crippen LogP contribution is -2.42. The molecule has 0 N–H and O–H groups in total. The molecule has 17 heavy (non-hydrogen) atoms. The second-order valence-electron chi connectivity index (χ2n) is 3.99. The van der Waals surface area contributed by atoms with Crippen molar-refractivity contribution >= 4 is 11.8 Å². The molecule has 0 bridgehead atoms. The summed E-state index contributed by atoms with van der Waals surface area (Å²) in [5.74, 6) is 2.17. The van der Waals surface area contributed by atoms with Gasteiger partial charge in [-0.2, -0.15) is 0 Å². The van der Waals surface area contributed by atoms with Crippen LogP contribution in [-0.4, -0.2) is 23.3 Å². The average molecular weight is 227 g/mol. The van der Waals surface area contributed by atoms with Gasteiger partial charge < -0.3 is 0 Å². The lowest BCUT2D eigenvalue weighted by atomic mass is 9.98. The van der Waals surface area contributed by atoms with Gasteiger partial charge in [0.2, 0.25) is 5.91 Å².